The molecule has 2 rings (SSSR count). The van der Waals surface area contributed by atoms with Crippen LogP contribution in [0, 0.1) is 0 Å². The molecule has 0 aliphatic rings. The van der Waals surface area contributed by atoms with Gasteiger partial charge in [-0.05, 0) is 49.2 Å². The third-order valence-corrected chi connectivity index (χ3v) is 3.26. The average Bonchev–Trinajstić information content (AvgIpc) is 2.41. The summed E-state index contributed by atoms with van der Waals surface area (Å²) in [4.78, 5) is 4.15. The van der Waals surface area contributed by atoms with Crippen LogP contribution in [0.5, 0.6) is 0 Å². The number of nitrogens with zero attached hydrogens (tertiary/aromatic N) is 1. The number of pyridine rings is 1. The molecule has 0 radical (unpaired) electrons. The van der Waals surface area contributed by atoms with Gasteiger partial charge >= 0.3 is 0 Å². The molecule has 1 aromatic heterocycles. The highest BCUT2D eigenvalue weighted by Crippen LogP contribution is 2.12. The number of hydrogen-bond donors (Lipinski definition) is 1. The first-order chi connectivity index (χ1) is 8.78. The van der Waals surface area contributed by atoms with Crippen molar-refractivity contribution in [2.24, 2.45) is 0 Å². The van der Waals surface area contributed by atoms with Crippen molar-refractivity contribution in [1.82, 2.24) is 10.3 Å². The summed E-state index contributed by atoms with van der Waals surface area (Å²) in [5, 5.41) is 4.14. The van der Waals surface area contributed by atoms with Gasteiger partial charge in [-0.25, -0.2) is 0 Å². The average molecular weight is 261 g/mol. The van der Waals surface area contributed by atoms with Crippen molar-refractivity contribution in [1.29, 1.82) is 0 Å². The predicted octanol–water partition coefficient (Wildman–Crippen LogP) is 3.11. The smallest absolute Gasteiger partial charge is 0.0406 e. The van der Waals surface area contributed by atoms with Crippen LogP contribution in [0.4, 0.5) is 0 Å². The first-order valence-corrected chi connectivity index (χ1v) is 6.46. The van der Waals surface area contributed by atoms with Gasteiger partial charge in [0.25, 0.3) is 0 Å². The first kappa shape index (κ1) is 13.1. The lowest BCUT2D eigenvalue weighted by Gasteiger charge is -2.16. The summed E-state index contributed by atoms with van der Waals surface area (Å²) >= 11 is 5.89. The van der Waals surface area contributed by atoms with E-state index in [9.17, 15) is 0 Å². The summed E-state index contributed by atoms with van der Waals surface area (Å²) in [7, 11) is 2.00. The van der Waals surface area contributed by atoms with E-state index in [2.05, 4.69) is 28.5 Å². The topological polar surface area (TPSA) is 24.9 Å². The zero-order valence-corrected chi connectivity index (χ0v) is 11.2. The quantitative estimate of drug-likeness (QED) is 0.894. The fourth-order valence-corrected chi connectivity index (χ4v) is 2.11. The van der Waals surface area contributed by atoms with Gasteiger partial charge in [0.1, 0.15) is 0 Å². The molecular weight excluding hydrogens is 244 g/mol. The molecule has 0 spiro atoms. The molecule has 3 heteroatoms. The van der Waals surface area contributed by atoms with Crippen molar-refractivity contribution in [3.05, 3.63) is 64.9 Å². The maximum atomic E-state index is 5.89. The van der Waals surface area contributed by atoms with Crippen molar-refractivity contribution >= 4 is 11.6 Å². The Labute approximate surface area is 113 Å². The second kappa shape index (κ2) is 6.53. The van der Waals surface area contributed by atoms with Crippen molar-refractivity contribution < 1.29 is 0 Å². The van der Waals surface area contributed by atoms with Crippen LogP contribution in [-0.4, -0.2) is 18.1 Å². The molecule has 18 heavy (non-hydrogen) atoms. The lowest BCUT2D eigenvalue weighted by molar-refractivity contribution is 0.556. The van der Waals surface area contributed by atoms with E-state index in [1.165, 1.54) is 11.1 Å². The summed E-state index contributed by atoms with van der Waals surface area (Å²) in [5.74, 6) is 0. The first-order valence-electron chi connectivity index (χ1n) is 6.08. The lowest BCUT2D eigenvalue weighted by Crippen LogP contribution is -2.29. The van der Waals surface area contributed by atoms with Crippen LogP contribution in [0.15, 0.2) is 48.8 Å². The van der Waals surface area contributed by atoms with Crippen molar-refractivity contribution in [2.45, 2.75) is 18.9 Å². The van der Waals surface area contributed by atoms with Crippen LogP contribution in [0.25, 0.3) is 0 Å². The normalized spacial score (nSPS) is 12.3. The molecule has 1 N–H and O–H groups in total. The molecule has 1 unspecified atom stereocenters. The van der Waals surface area contributed by atoms with Gasteiger partial charge in [-0.1, -0.05) is 29.8 Å². The Morgan fingerprint density at radius 2 is 1.83 bits per heavy atom. The SMILES string of the molecule is CNC(Cc1ccc(Cl)cc1)Cc1cccnc1. The fraction of sp³-hybridized carbons (Fsp3) is 0.267. The Kier molecular flexibility index (Phi) is 4.73. The number of rotatable bonds is 5. The molecule has 2 nitrogen and oxygen atoms in total. The van der Waals surface area contributed by atoms with Gasteiger partial charge in [0, 0.05) is 23.5 Å². The fourth-order valence-electron chi connectivity index (χ4n) is 1.98. The van der Waals surface area contributed by atoms with E-state index < -0.39 is 0 Å². The van der Waals surface area contributed by atoms with E-state index in [1.54, 1.807) is 6.20 Å². The number of nitrogens with one attached hydrogen (secondary N) is 1. The minimum Gasteiger partial charge on any atom is -0.316 e. The van der Waals surface area contributed by atoms with Gasteiger partial charge in [0.05, 0.1) is 0 Å². The zero-order chi connectivity index (χ0) is 12.8. The standard InChI is InChI=1S/C15H17ClN2/c1-17-15(10-13-3-2-8-18-11-13)9-12-4-6-14(16)7-5-12/h2-8,11,15,17H,9-10H2,1H3. The molecule has 0 aliphatic heterocycles. The molecule has 0 aliphatic carbocycles. The molecule has 2 aromatic rings. The minimum absolute atomic E-state index is 0.412. The van der Waals surface area contributed by atoms with Gasteiger partial charge in [0.2, 0.25) is 0 Å². The third kappa shape index (κ3) is 3.83. The Hall–Kier alpha value is -1.38. The van der Waals surface area contributed by atoms with Gasteiger partial charge in [-0.3, -0.25) is 4.98 Å². The van der Waals surface area contributed by atoms with Crippen LogP contribution >= 0.6 is 11.6 Å². The lowest BCUT2D eigenvalue weighted by atomic mass is 10.0. The van der Waals surface area contributed by atoms with Gasteiger partial charge in [-0.2, -0.15) is 0 Å². The van der Waals surface area contributed by atoms with E-state index in [0.717, 1.165) is 17.9 Å². The molecule has 0 saturated carbocycles. The molecular formula is C15H17ClN2. The van der Waals surface area contributed by atoms with Crippen molar-refractivity contribution in [3.63, 3.8) is 0 Å². The molecule has 1 heterocycles. The zero-order valence-electron chi connectivity index (χ0n) is 10.4. The van der Waals surface area contributed by atoms with E-state index >= 15 is 0 Å². The van der Waals surface area contributed by atoms with Gasteiger partial charge in [-0.15, -0.1) is 0 Å². The van der Waals surface area contributed by atoms with Crippen molar-refractivity contribution in [2.75, 3.05) is 7.05 Å². The Bertz CT molecular complexity index is 468. The summed E-state index contributed by atoms with van der Waals surface area (Å²) in [6.45, 7) is 0. The largest absolute Gasteiger partial charge is 0.316 e. The second-order valence-corrected chi connectivity index (χ2v) is 4.82. The Balaban J connectivity index is 1.99. The molecule has 1 aromatic carbocycles. The minimum atomic E-state index is 0.412. The highest BCUT2D eigenvalue weighted by Gasteiger charge is 2.08. The molecule has 0 saturated heterocycles. The highest BCUT2D eigenvalue weighted by atomic mass is 35.5. The predicted molar refractivity (Wildman–Crippen MR) is 75.9 cm³/mol. The maximum Gasteiger partial charge on any atom is 0.0406 e. The molecule has 1 atom stereocenters. The summed E-state index contributed by atoms with van der Waals surface area (Å²) < 4.78 is 0. The van der Waals surface area contributed by atoms with E-state index in [1.807, 2.05) is 31.4 Å². The molecule has 0 fully saturated rings. The number of aromatic nitrogens is 1. The molecule has 0 amide bonds. The molecule has 94 valence electrons. The Morgan fingerprint density at radius 3 is 2.44 bits per heavy atom. The summed E-state index contributed by atoms with van der Waals surface area (Å²) in [6, 6.07) is 12.5. The van der Waals surface area contributed by atoms with Crippen LogP contribution in [-0.2, 0) is 12.8 Å². The summed E-state index contributed by atoms with van der Waals surface area (Å²) in [6.07, 6.45) is 5.69. The second-order valence-electron chi connectivity index (χ2n) is 4.38. The van der Waals surface area contributed by atoms with E-state index in [0.29, 0.717) is 6.04 Å². The maximum absolute atomic E-state index is 5.89. The van der Waals surface area contributed by atoms with E-state index in [4.69, 9.17) is 11.6 Å². The van der Waals surface area contributed by atoms with Crippen LogP contribution in [0.3, 0.4) is 0 Å². The number of benzene rings is 1. The van der Waals surface area contributed by atoms with Crippen LogP contribution < -0.4 is 5.32 Å². The van der Waals surface area contributed by atoms with Gasteiger partial charge < -0.3 is 5.32 Å². The Morgan fingerprint density at radius 1 is 1.11 bits per heavy atom. The summed E-state index contributed by atoms with van der Waals surface area (Å²) in [5.41, 5.74) is 2.55. The van der Waals surface area contributed by atoms with Crippen molar-refractivity contribution in [3.8, 4) is 0 Å². The van der Waals surface area contributed by atoms with Crippen LogP contribution in [0.1, 0.15) is 11.1 Å². The third-order valence-electron chi connectivity index (χ3n) is 3.01. The number of hydrogen-bond acceptors (Lipinski definition) is 2. The molecule has 0 bridgehead atoms. The highest BCUT2D eigenvalue weighted by molar-refractivity contribution is 6.30. The van der Waals surface area contributed by atoms with Gasteiger partial charge in [0.15, 0.2) is 0 Å². The number of halogens is 1. The number of likely N-dealkylation sites (N-methyl/N-ethyl adjacent to an activating group) is 1. The van der Waals surface area contributed by atoms with Crippen LogP contribution in [0.2, 0.25) is 5.02 Å². The van der Waals surface area contributed by atoms with E-state index in [-0.39, 0.29) is 0 Å². The monoisotopic (exact) mass is 260 g/mol.